The molecule has 7 heteroatoms. The standard InChI is InChI=1S/C31H24N4O2S/c36-30(33-23-8-9-23)28-18-21-13-16-35(27-4-2-1-3-24(27)29(21)38-28)31(37)22-6-5-19-7-10-25(34-26(19)17-22)20-11-14-32-15-12-20/h1-7,10-12,14-15,17-18,23H,8-9,13,16H2,(H,33,36). The first-order valence-corrected chi connectivity index (χ1v) is 13.6. The van der Waals surface area contributed by atoms with Crippen molar-refractivity contribution < 1.29 is 9.59 Å². The Kier molecular flexibility index (Phi) is 5.51. The molecule has 4 heterocycles. The Bertz CT molecular complexity index is 1710. The number of fused-ring (bicyclic) bond motifs is 4. The summed E-state index contributed by atoms with van der Waals surface area (Å²) in [5, 5.41) is 4.08. The quantitative estimate of drug-likeness (QED) is 0.312. The Labute approximate surface area is 224 Å². The highest BCUT2D eigenvalue weighted by Gasteiger charge is 2.29. The molecule has 6 nitrogen and oxygen atoms in total. The van der Waals surface area contributed by atoms with E-state index < -0.39 is 0 Å². The van der Waals surface area contributed by atoms with Crippen LogP contribution >= 0.6 is 11.3 Å². The summed E-state index contributed by atoms with van der Waals surface area (Å²) >= 11 is 1.52. The predicted octanol–water partition coefficient (Wildman–Crippen LogP) is 6.12. The van der Waals surface area contributed by atoms with Crippen molar-refractivity contribution in [2.24, 2.45) is 0 Å². The predicted molar refractivity (Wildman–Crippen MR) is 151 cm³/mol. The number of thiophene rings is 1. The summed E-state index contributed by atoms with van der Waals surface area (Å²) in [6.45, 7) is 0.534. The molecule has 3 aromatic heterocycles. The molecule has 38 heavy (non-hydrogen) atoms. The fourth-order valence-corrected chi connectivity index (χ4v) is 6.14. The van der Waals surface area contributed by atoms with Gasteiger partial charge in [-0.3, -0.25) is 14.6 Å². The molecule has 7 rings (SSSR count). The first kappa shape index (κ1) is 22.8. The van der Waals surface area contributed by atoms with Crippen LogP contribution in [0.4, 0.5) is 5.69 Å². The van der Waals surface area contributed by atoms with Crippen molar-refractivity contribution >= 4 is 39.7 Å². The van der Waals surface area contributed by atoms with Crippen LogP contribution in [-0.2, 0) is 6.42 Å². The van der Waals surface area contributed by atoms with Crippen molar-refractivity contribution in [1.29, 1.82) is 0 Å². The van der Waals surface area contributed by atoms with Gasteiger partial charge in [0.15, 0.2) is 0 Å². The Morgan fingerprint density at radius 1 is 0.947 bits per heavy atom. The number of benzene rings is 2. The lowest BCUT2D eigenvalue weighted by Gasteiger charge is -2.23. The Morgan fingerprint density at radius 2 is 1.76 bits per heavy atom. The van der Waals surface area contributed by atoms with Crippen molar-refractivity contribution in [2.75, 3.05) is 11.4 Å². The fourth-order valence-electron chi connectivity index (χ4n) is 4.99. The van der Waals surface area contributed by atoms with E-state index in [2.05, 4.69) is 10.3 Å². The zero-order chi connectivity index (χ0) is 25.6. The molecule has 2 aromatic carbocycles. The van der Waals surface area contributed by atoms with Gasteiger partial charge in [-0.2, -0.15) is 0 Å². The fraction of sp³-hybridized carbons (Fsp3) is 0.161. The van der Waals surface area contributed by atoms with Crippen LogP contribution in [0.1, 0.15) is 38.4 Å². The minimum atomic E-state index is -0.0580. The van der Waals surface area contributed by atoms with Gasteiger partial charge >= 0.3 is 0 Å². The number of anilines is 1. The second kappa shape index (κ2) is 9.19. The maximum atomic E-state index is 13.9. The van der Waals surface area contributed by atoms with Gasteiger partial charge in [-0.25, -0.2) is 4.98 Å². The zero-order valence-corrected chi connectivity index (χ0v) is 21.4. The van der Waals surface area contributed by atoms with E-state index in [0.717, 1.165) is 61.6 Å². The molecular weight excluding hydrogens is 492 g/mol. The molecule has 1 aliphatic heterocycles. The van der Waals surface area contributed by atoms with Crippen LogP contribution < -0.4 is 10.2 Å². The number of aromatic nitrogens is 2. The second-order valence-electron chi connectivity index (χ2n) is 9.78. The average Bonchev–Trinajstić information content (AvgIpc) is 3.71. The van der Waals surface area contributed by atoms with E-state index in [-0.39, 0.29) is 11.8 Å². The SMILES string of the molecule is O=C(NC1CC1)c1cc2c(s1)-c1ccccc1N(C(=O)c1ccc3ccc(-c4ccncc4)nc3c1)CC2. The van der Waals surface area contributed by atoms with E-state index in [1.807, 2.05) is 77.7 Å². The summed E-state index contributed by atoms with van der Waals surface area (Å²) < 4.78 is 0. The third-order valence-electron chi connectivity index (χ3n) is 7.15. The highest BCUT2D eigenvalue weighted by Crippen LogP contribution is 2.42. The number of carbonyl (C=O) groups is 2. The zero-order valence-electron chi connectivity index (χ0n) is 20.6. The maximum Gasteiger partial charge on any atom is 0.261 e. The van der Waals surface area contributed by atoms with Crippen LogP contribution in [0.15, 0.2) is 85.2 Å². The molecule has 5 aromatic rings. The Balaban J connectivity index is 1.23. The monoisotopic (exact) mass is 516 g/mol. The van der Waals surface area contributed by atoms with Gasteiger partial charge in [-0.05, 0) is 67.3 Å². The molecule has 186 valence electrons. The van der Waals surface area contributed by atoms with Gasteiger partial charge in [0.25, 0.3) is 11.8 Å². The molecule has 0 spiro atoms. The molecule has 0 saturated heterocycles. The van der Waals surface area contributed by atoms with Gasteiger partial charge in [0.05, 0.1) is 21.8 Å². The molecular formula is C31H24N4O2S. The van der Waals surface area contributed by atoms with Crippen LogP contribution in [0, 0.1) is 0 Å². The van der Waals surface area contributed by atoms with Crippen LogP contribution in [0.2, 0.25) is 0 Å². The number of nitrogens with one attached hydrogen (secondary N) is 1. The molecule has 2 amide bonds. The van der Waals surface area contributed by atoms with Crippen LogP contribution in [0.25, 0.3) is 32.6 Å². The largest absolute Gasteiger partial charge is 0.349 e. The summed E-state index contributed by atoms with van der Waals surface area (Å²) in [6.07, 6.45) is 6.30. The van der Waals surface area contributed by atoms with Crippen molar-refractivity contribution in [3.63, 3.8) is 0 Å². The summed E-state index contributed by atoms with van der Waals surface area (Å²) in [6, 6.07) is 23.9. The summed E-state index contributed by atoms with van der Waals surface area (Å²) in [5.41, 5.74) is 6.17. The lowest BCUT2D eigenvalue weighted by molar-refractivity contribution is 0.0953. The Hall–Kier alpha value is -4.36. The van der Waals surface area contributed by atoms with E-state index in [4.69, 9.17) is 4.98 Å². The topological polar surface area (TPSA) is 75.2 Å². The number of rotatable bonds is 4. The number of pyridine rings is 2. The molecule has 0 unspecified atom stereocenters. The molecule has 0 radical (unpaired) electrons. The number of hydrogen-bond acceptors (Lipinski definition) is 5. The number of amides is 2. The second-order valence-corrected chi connectivity index (χ2v) is 10.8. The van der Waals surface area contributed by atoms with Gasteiger partial charge in [-0.1, -0.05) is 30.3 Å². The molecule has 0 bridgehead atoms. The average molecular weight is 517 g/mol. The number of carbonyl (C=O) groups excluding carboxylic acids is 2. The molecule has 1 saturated carbocycles. The number of hydrogen-bond donors (Lipinski definition) is 1. The highest BCUT2D eigenvalue weighted by molar-refractivity contribution is 7.17. The maximum absolute atomic E-state index is 13.9. The van der Waals surface area contributed by atoms with Crippen LogP contribution in [-0.4, -0.2) is 34.4 Å². The van der Waals surface area contributed by atoms with E-state index in [1.165, 1.54) is 11.3 Å². The molecule has 0 atom stereocenters. The lowest BCUT2D eigenvalue weighted by Crippen LogP contribution is -2.32. The lowest BCUT2D eigenvalue weighted by atomic mass is 10.1. The molecule has 1 fully saturated rings. The van der Waals surface area contributed by atoms with Crippen LogP contribution in [0.3, 0.4) is 0 Å². The van der Waals surface area contributed by atoms with E-state index in [1.54, 1.807) is 12.4 Å². The van der Waals surface area contributed by atoms with Crippen molar-refractivity contribution in [2.45, 2.75) is 25.3 Å². The van der Waals surface area contributed by atoms with E-state index in [0.29, 0.717) is 24.6 Å². The first-order chi connectivity index (χ1) is 18.6. The minimum Gasteiger partial charge on any atom is -0.349 e. The van der Waals surface area contributed by atoms with E-state index in [9.17, 15) is 9.59 Å². The van der Waals surface area contributed by atoms with Crippen molar-refractivity contribution in [1.82, 2.24) is 15.3 Å². The van der Waals surface area contributed by atoms with Gasteiger partial charge in [0.2, 0.25) is 0 Å². The molecule has 1 aliphatic carbocycles. The van der Waals surface area contributed by atoms with Crippen molar-refractivity contribution in [3.8, 4) is 21.7 Å². The van der Waals surface area contributed by atoms with Crippen LogP contribution in [0.5, 0.6) is 0 Å². The van der Waals surface area contributed by atoms with Crippen molar-refractivity contribution in [3.05, 3.63) is 101 Å². The van der Waals surface area contributed by atoms with Gasteiger partial charge in [0, 0.05) is 51.9 Å². The highest BCUT2D eigenvalue weighted by atomic mass is 32.1. The Morgan fingerprint density at radius 3 is 2.61 bits per heavy atom. The normalized spacial score (nSPS) is 14.5. The summed E-state index contributed by atoms with van der Waals surface area (Å²) in [5.74, 6) is -0.0527. The third kappa shape index (κ3) is 4.15. The van der Waals surface area contributed by atoms with E-state index >= 15 is 0 Å². The smallest absolute Gasteiger partial charge is 0.261 e. The molecule has 1 N–H and O–H groups in total. The summed E-state index contributed by atoms with van der Waals surface area (Å²) in [7, 11) is 0. The van der Waals surface area contributed by atoms with Gasteiger partial charge in [-0.15, -0.1) is 11.3 Å². The molecule has 2 aliphatic rings. The first-order valence-electron chi connectivity index (χ1n) is 12.8. The van der Waals surface area contributed by atoms with Gasteiger partial charge in [0.1, 0.15) is 0 Å². The third-order valence-corrected chi connectivity index (χ3v) is 8.36. The number of para-hydroxylation sites is 1. The summed E-state index contributed by atoms with van der Waals surface area (Å²) in [4.78, 5) is 39.2. The number of nitrogens with zero attached hydrogens (tertiary/aromatic N) is 3. The van der Waals surface area contributed by atoms with Gasteiger partial charge < -0.3 is 10.2 Å². The minimum absolute atomic E-state index is 0.00536.